The van der Waals surface area contributed by atoms with E-state index >= 15 is 0 Å². The summed E-state index contributed by atoms with van der Waals surface area (Å²) in [4.78, 5) is 0. The predicted octanol–water partition coefficient (Wildman–Crippen LogP) is 10.2. The van der Waals surface area contributed by atoms with E-state index in [0.717, 1.165) is 35.8 Å². The molecule has 3 rings (SSSR count). The van der Waals surface area contributed by atoms with E-state index in [0.29, 0.717) is 11.8 Å². The second-order valence-corrected chi connectivity index (χ2v) is 12.6. The van der Waals surface area contributed by atoms with Crippen LogP contribution in [-0.2, 0) is 4.74 Å². The smallest absolute Gasteiger partial charge is 0.200 e. The zero-order chi connectivity index (χ0) is 25.2. The van der Waals surface area contributed by atoms with Crippen molar-refractivity contribution in [1.82, 2.24) is 0 Å². The fourth-order valence-electron chi connectivity index (χ4n) is 6.89. The maximum atomic E-state index is 6.61. The maximum absolute atomic E-state index is 6.61. The second-order valence-electron chi connectivity index (χ2n) is 12.6. The molecular formula is C33H56O2. The highest BCUT2D eigenvalue weighted by Crippen LogP contribution is 2.43. The summed E-state index contributed by atoms with van der Waals surface area (Å²) in [5.41, 5.74) is 1.45. The van der Waals surface area contributed by atoms with Gasteiger partial charge in [-0.15, -0.1) is 0 Å². The van der Waals surface area contributed by atoms with Crippen LogP contribution in [0.15, 0.2) is 24.3 Å². The second kappa shape index (κ2) is 14.7. The van der Waals surface area contributed by atoms with E-state index in [9.17, 15) is 0 Å². The molecule has 3 unspecified atom stereocenters. The van der Waals surface area contributed by atoms with Gasteiger partial charge in [0.05, 0.1) is 6.10 Å². The first-order valence-corrected chi connectivity index (χ1v) is 15.3. The van der Waals surface area contributed by atoms with Crippen LogP contribution in [0, 0.1) is 29.6 Å². The molecule has 0 bridgehead atoms. The molecule has 200 valence electrons. The minimum Gasteiger partial charge on any atom is -0.465 e. The van der Waals surface area contributed by atoms with E-state index < -0.39 is 0 Å². The van der Waals surface area contributed by atoms with Crippen LogP contribution in [0.2, 0.25) is 0 Å². The monoisotopic (exact) mass is 484 g/mol. The van der Waals surface area contributed by atoms with Crippen LogP contribution in [0.5, 0.6) is 5.75 Å². The summed E-state index contributed by atoms with van der Waals surface area (Å²) in [6, 6.07) is 9.03. The van der Waals surface area contributed by atoms with Crippen LogP contribution >= 0.6 is 0 Å². The van der Waals surface area contributed by atoms with Crippen LogP contribution in [0.4, 0.5) is 0 Å². The van der Waals surface area contributed by atoms with Crippen molar-refractivity contribution in [2.45, 2.75) is 143 Å². The minimum atomic E-state index is -0.143. The van der Waals surface area contributed by atoms with Crippen molar-refractivity contribution in [3.63, 3.8) is 0 Å². The van der Waals surface area contributed by atoms with Gasteiger partial charge in [-0.2, -0.15) is 0 Å². The molecule has 0 N–H and O–H groups in total. The quantitative estimate of drug-likeness (QED) is 0.259. The van der Waals surface area contributed by atoms with Gasteiger partial charge in [0.15, 0.2) is 6.29 Å². The summed E-state index contributed by atoms with van der Waals surface area (Å²) in [6.07, 6.45) is 17.8. The summed E-state index contributed by atoms with van der Waals surface area (Å²) in [5.74, 6) is 5.48. The predicted molar refractivity (Wildman–Crippen MR) is 150 cm³/mol. The molecule has 2 aliphatic carbocycles. The molecule has 0 saturated heterocycles. The Labute approximate surface area is 218 Å². The van der Waals surface area contributed by atoms with Gasteiger partial charge in [0.25, 0.3) is 0 Å². The molecular weight excluding hydrogens is 428 g/mol. The molecule has 0 aromatic heterocycles. The Kier molecular flexibility index (Phi) is 12.0. The van der Waals surface area contributed by atoms with E-state index in [4.69, 9.17) is 9.47 Å². The van der Waals surface area contributed by atoms with E-state index in [2.05, 4.69) is 65.8 Å². The van der Waals surface area contributed by atoms with Gasteiger partial charge in [0, 0.05) is 6.42 Å². The lowest BCUT2D eigenvalue weighted by atomic mass is 9.68. The third-order valence-corrected chi connectivity index (χ3v) is 9.13. The highest BCUT2D eigenvalue weighted by Gasteiger charge is 2.34. The lowest BCUT2D eigenvalue weighted by Gasteiger charge is -2.39. The van der Waals surface area contributed by atoms with Crippen molar-refractivity contribution in [2.75, 3.05) is 0 Å². The van der Waals surface area contributed by atoms with Crippen molar-refractivity contribution in [3.05, 3.63) is 29.8 Å². The highest BCUT2D eigenvalue weighted by molar-refractivity contribution is 5.30. The van der Waals surface area contributed by atoms with Crippen molar-refractivity contribution >= 4 is 0 Å². The molecule has 0 aliphatic heterocycles. The molecule has 0 spiro atoms. The first-order chi connectivity index (χ1) is 16.9. The van der Waals surface area contributed by atoms with Crippen molar-refractivity contribution in [2.24, 2.45) is 29.6 Å². The zero-order valence-electron chi connectivity index (χ0n) is 23.9. The van der Waals surface area contributed by atoms with Gasteiger partial charge in [-0.05, 0) is 73.5 Å². The molecule has 0 amide bonds. The molecule has 0 radical (unpaired) electrons. The minimum absolute atomic E-state index is 0.143. The van der Waals surface area contributed by atoms with E-state index in [1.54, 1.807) is 0 Å². The Bertz CT molecular complexity index is 664. The van der Waals surface area contributed by atoms with Gasteiger partial charge >= 0.3 is 0 Å². The van der Waals surface area contributed by atoms with E-state index in [1.807, 2.05) is 0 Å². The molecule has 35 heavy (non-hydrogen) atoms. The van der Waals surface area contributed by atoms with Gasteiger partial charge in [0.2, 0.25) is 0 Å². The fourth-order valence-corrected chi connectivity index (χ4v) is 6.89. The third-order valence-electron chi connectivity index (χ3n) is 9.13. The average Bonchev–Trinajstić information content (AvgIpc) is 2.86. The maximum Gasteiger partial charge on any atom is 0.200 e. The zero-order valence-corrected chi connectivity index (χ0v) is 23.9. The van der Waals surface area contributed by atoms with Crippen LogP contribution in [0.1, 0.15) is 136 Å². The van der Waals surface area contributed by atoms with Gasteiger partial charge in [-0.1, -0.05) is 110 Å². The number of hydrogen-bond acceptors (Lipinski definition) is 2. The Morgan fingerprint density at radius 3 is 1.74 bits per heavy atom. The van der Waals surface area contributed by atoms with Crippen molar-refractivity contribution in [1.29, 1.82) is 0 Å². The van der Waals surface area contributed by atoms with Crippen molar-refractivity contribution in [3.8, 4) is 5.75 Å². The Morgan fingerprint density at radius 2 is 1.29 bits per heavy atom. The molecule has 2 aliphatic rings. The highest BCUT2D eigenvalue weighted by atomic mass is 16.7. The number of ether oxygens (including phenoxy) is 2. The van der Waals surface area contributed by atoms with Gasteiger partial charge < -0.3 is 9.47 Å². The van der Waals surface area contributed by atoms with Gasteiger partial charge in [-0.3, -0.25) is 0 Å². The summed E-state index contributed by atoms with van der Waals surface area (Å²) in [5, 5.41) is 0. The Balaban J connectivity index is 1.72. The van der Waals surface area contributed by atoms with E-state index in [1.165, 1.54) is 82.6 Å². The van der Waals surface area contributed by atoms with E-state index in [-0.39, 0.29) is 12.4 Å². The Hall–Kier alpha value is -1.02. The van der Waals surface area contributed by atoms with Crippen molar-refractivity contribution < 1.29 is 9.47 Å². The molecule has 2 saturated carbocycles. The third kappa shape index (κ3) is 9.10. The molecule has 3 atom stereocenters. The first-order valence-electron chi connectivity index (χ1n) is 15.3. The summed E-state index contributed by atoms with van der Waals surface area (Å²) >= 11 is 0. The van der Waals surface area contributed by atoms with Crippen LogP contribution in [0.25, 0.3) is 0 Å². The number of hydrogen-bond donors (Lipinski definition) is 0. The lowest BCUT2D eigenvalue weighted by Crippen LogP contribution is -2.34. The summed E-state index contributed by atoms with van der Waals surface area (Å²) in [6.45, 7) is 13.7. The number of rotatable bonds is 13. The normalized spacial score (nSPS) is 20.9. The summed E-state index contributed by atoms with van der Waals surface area (Å²) in [7, 11) is 0. The lowest BCUT2D eigenvalue weighted by molar-refractivity contribution is -0.127. The standard InChI is InChI=1S/C33H56O2/c1-7-26(6)22-31(24(2)3)29-18-20-30(21-19-29)35-33(34-25(4)5)23-32(27-14-10-8-11-15-27)28-16-12-9-13-17-28/h18-21,24-28,31-33H,7-17,22-23H2,1-6H3. The molecule has 2 nitrogen and oxygen atoms in total. The molecule has 1 aromatic rings. The summed E-state index contributed by atoms with van der Waals surface area (Å²) < 4.78 is 13.0. The van der Waals surface area contributed by atoms with Gasteiger partial charge in [0.1, 0.15) is 5.75 Å². The Morgan fingerprint density at radius 1 is 0.743 bits per heavy atom. The fraction of sp³-hybridized carbons (Fsp3) is 0.818. The SMILES string of the molecule is CCC(C)CC(c1ccc(OC(CC(C2CCCCC2)C2CCCCC2)OC(C)C)cc1)C(C)C. The largest absolute Gasteiger partial charge is 0.465 e. The average molecular weight is 485 g/mol. The first kappa shape index (κ1) is 28.5. The molecule has 0 heterocycles. The topological polar surface area (TPSA) is 18.5 Å². The van der Waals surface area contributed by atoms with Gasteiger partial charge in [-0.25, -0.2) is 0 Å². The van der Waals surface area contributed by atoms with Crippen LogP contribution in [0.3, 0.4) is 0 Å². The number of benzene rings is 1. The molecule has 1 aromatic carbocycles. The van der Waals surface area contributed by atoms with Crippen LogP contribution < -0.4 is 4.74 Å². The molecule has 2 heteroatoms. The van der Waals surface area contributed by atoms with Crippen LogP contribution in [-0.4, -0.2) is 12.4 Å². The molecule has 2 fully saturated rings.